The van der Waals surface area contributed by atoms with Gasteiger partial charge >= 0.3 is 0 Å². The summed E-state index contributed by atoms with van der Waals surface area (Å²) in [5.41, 5.74) is 6.35. The van der Waals surface area contributed by atoms with E-state index in [-0.39, 0.29) is 0 Å². The summed E-state index contributed by atoms with van der Waals surface area (Å²) in [6, 6.07) is 3.90. The van der Waals surface area contributed by atoms with E-state index in [1.165, 1.54) is 18.1 Å². The Labute approximate surface area is 91.7 Å². The van der Waals surface area contributed by atoms with E-state index in [1.807, 2.05) is 19.2 Å². The number of rotatable bonds is 3. The Morgan fingerprint density at radius 2 is 2.27 bits per heavy atom. The van der Waals surface area contributed by atoms with Crippen molar-refractivity contribution in [2.24, 2.45) is 12.8 Å². The van der Waals surface area contributed by atoms with Gasteiger partial charge in [0.25, 0.3) is 0 Å². The third-order valence-electron chi connectivity index (χ3n) is 1.89. The van der Waals surface area contributed by atoms with Crippen LogP contribution >= 0.6 is 11.8 Å². The summed E-state index contributed by atoms with van der Waals surface area (Å²) in [7, 11) is 1.86. The molecule has 0 fully saturated rings. The molecule has 0 aliphatic rings. The van der Waals surface area contributed by atoms with Crippen molar-refractivity contribution in [3.05, 3.63) is 30.4 Å². The monoisotopic (exact) mass is 221 g/mol. The molecule has 5 nitrogen and oxygen atoms in total. The minimum atomic E-state index is 0.467. The summed E-state index contributed by atoms with van der Waals surface area (Å²) in [5.74, 6) is 0. The number of nitrogens with zero attached hydrogens (tertiary/aromatic N) is 4. The fourth-order valence-corrected chi connectivity index (χ4v) is 1.81. The van der Waals surface area contributed by atoms with Gasteiger partial charge in [-0.1, -0.05) is 0 Å². The molecule has 78 valence electrons. The Morgan fingerprint density at radius 3 is 2.80 bits per heavy atom. The SMILES string of the molecule is Cn1ncnc1Sc1ccc(CN)nc1. The molecule has 0 spiro atoms. The molecule has 0 amide bonds. The van der Waals surface area contributed by atoms with E-state index >= 15 is 0 Å². The summed E-state index contributed by atoms with van der Waals surface area (Å²) < 4.78 is 1.72. The second-order valence-electron chi connectivity index (χ2n) is 2.96. The maximum Gasteiger partial charge on any atom is 0.190 e. The van der Waals surface area contributed by atoms with Crippen LogP contribution in [0.5, 0.6) is 0 Å². The Balaban J connectivity index is 2.14. The molecule has 0 radical (unpaired) electrons. The molecule has 0 aliphatic heterocycles. The summed E-state index contributed by atoms with van der Waals surface area (Å²) in [4.78, 5) is 9.35. The minimum Gasteiger partial charge on any atom is -0.325 e. The number of hydrogen-bond donors (Lipinski definition) is 1. The van der Waals surface area contributed by atoms with Crippen molar-refractivity contribution in [1.29, 1.82) is 0 Å². The third-order valence-corrected chi connectivity index (χ3v) is 2.92. The molecule has 2 rings (SSSR count). The normalized spacial score (nSPS) is 10.5. The van der Waals surface area contributed by atoms with E-state index in [4.69, 9.17) is 5.73 Å². The van der Waals surface area contributed by atoms with Gasteiger partial charge in [0, 0.05) is 24.7 Å². The average molecular weight is 221 g/mol. The predicted molar refractivity (Wildman–Crippen MR) is 57.3 cm³/mol. The maximum absolute atomic E-state index is 5.46. The number of aromatic nitrogens is 4. The first kappa shape index (κ1) is 10.1. The standard InChI is InChI=1S/C9H11N5S/c1-14-9(12-6-13-14)15-8-3-2-7(4-10)11-5-8/h2-3,5-6H,4,10H2,1H3. The molecule has 0 unspecified atom stereocenters. The molecule has 2 heterocycles. The van der Waals surface area contributed by atoms with Crippen molar-refractivity contribution in [2.75, 3.05) is 0 Å². The number of hydrogen-bond acceptors (Lipinski definition) is 5. The van der Waals surface area contributed by atoms with Crippen LogP contribution in [0.3, 0.4) is 0 Å². The largest absolute Gasteiger partial charge is 0.325 e. The molecular formula is C9H11N5S. The molecule has 0 saturated carbocycles. The molecule has 15 heavy (non-hydrogen) atoms. The lowest BCUT2D eigenvalue weighted by atomic mass is 10.4. The van der Waals surface area contributed by atoms with E-state index in [2.05, 4.69) is 15.1 Å². The van der Waals surface area contributed by atoms with Gasteiger partial charge in [0.15, 0.2) is 5.16 Å². The highest BCUT2D eigenvalue weighted by Crippen LogP contribution is 2.23. The van der Waals surface area contributed by atoms with Crippen LogP contribution < -0.4 is 5.73 Å². The quantitative estimate of drug-likeness (QED) is 0.831. The van der Waals surface area contributed by atoms with E-state index in [9.17, 15) is 0 Å². The van der Waals surface area contributed by atoms with Crippen molar-refractivity contribution in [1.82, 2.24) is 19.7 Å². The lowest BCUT2D eigenvalue weighted by Gasteiger charge is -2.00. The molecule has 6 heteroatoms. The summed E-state index contributed by atoms with van der Waals surface area (Å²) in [6.45, 7) is 0.467. The molecule has 0 bridgehead atoms. The summed E-state index contributed by atoms with van der Waals surface area (Å²) in [5, 5.41) is 4.84. The van der Waals surface area contributed by atoms with Gasteiger partial charge < -0.3 is 5.73 Å². The lowest BCUT2D eigenvalue weighted by Crippen LogP contribution is -1.98. The van der Waals surface area contributed by atoms with Gasteiger partial charge in [-0.05, 0) is 23.9 Å². The van der Waals surface area contributed by atoms with Gasteiger partial charge in [0.1, 0.15) is 6.33 Å². The van der Waals surface area contributed by atoms with E-state index < -0.39 is 0 Å². The van der Waals surface area contributed by atoms with Gasteiger partial charge in [0.2, 0.25) is 0 Å². The van der Waals surface area contributed by atoms with Crippen molar-refractivity contribution < 1.29 is 0 Å². The fraction of sp³-hybridized carbons (Fsp3) is 0.222. The first-order valence-corrected chi connectivity index (χ1v) is 5.28. The summed E-state index contributed by atoms with van der Waals surface area (Å²) in [6.07, 6.45) is 3.32. The Kier molecular flexibility index (Phi) is 2.98. The number of pyridine rings is 1. The highest BCUT2D eigenvalue weighted by Gasteiger charge is 2.03. The van der Waals surface area contributed by atoms with Gasteiger partial charge in [-0.15, -0.1) is 0 Å². The van der Waals surface area contributed by atoms with E-state index in [1.54, 1.807) is 10.9 Å². The zero-order chi connectivity index (χ0) is 10.7. The molecule has 2 aromatic heterocycles. The van der Waals surface area contributed by atoms with Crippen LogP contribution in [0.1, 0.15) is 5.69 Å². The Hall–Kier alpha value is -1.40. The predicted octanol–water partition coefficient (Wildman–Crippen LogP) is 0.820. The van der Waals surface area contributed by atoms with Crippen molar-refractivity contribution in [3.8, 4) is 0 Å². The highest BCUT2D eigenvalue weighted by atomic mass is 32.2. The van der Waals surface area contributed by atoms with Crippen LogP contribution in [0.2, 0.25) is 0 Å². The van der Waals surface area contributed by atoms with Crippen LogP contribution in [0.4, 0.5) is 0 Å². The first-order valence-electron chi connectivity index (χ1n) is 4.46. The van der Waals surface area contributed by atoms with Crippen LogP contribution in [0, 0.1) is 0 Å². The second kappa shape index (κ2) is 4.41. The molecule has 0 atom stereocenters. The smallest absolute Gasteiger partial charge is 0.190 e. The molecule has 2 N–H and O–H groups in total. The van der Waals surface area contributed by atoms with Crippen molar-refractivity contribution in [2.45, 2.75) is 16.6 Å². The van der Waals surface area contributed by atoms with E-state index in [0.717, 1.165) is 15.7 Å². The average Bonchev–Trinajstić information content (AvgIpc) is 2.66. The van der Waals surface area contributed by atoms with Crippen LogP contribution in [0.25, 0.3) is 0 Å². The van der Waals surface area contributed by atoms with Gasteiger partial charge in [0.05, 0.1) is 5.69 Å². The van der Waals surface area contributed by atoms with Crippen LogP contribution in [-0.4, -0.2) is 19.7 Å². The second-order valence-corrected chi connectivity index (χ2v) is 4.00. The van der Waals surface area contributed by atoms with Crippen LogP contribution in [-0.2, 0) is 13.6 Å². The van der Waals surface area contributed by atoms with Crippen LogP contribution in [0.15, 0.2) is 34.7 Å². The zero-order valence-corrected chi connectivity index (χ0v) is 9.11. The van der Waals surface area contributed by atoms with Gasteiger partial charge in [-0.3, -0.25) is 4.98 Å². The van der Waals surface area contributed by atoms with Crippen molar-refractivity contribution >= 4 is 11.8 Å². The molecule has 0 aliphatic carbocycles. The fourth-order valence-electron chi connectivity index (χ4n) is 1.08. The van der Waals surface area contributed by atoms with E-state index in [0.29, 0.717) is 6.54 Å². The number of aryl methyl sites for hydroxylation is 1. The molecular weight excluding hydrogens is 210 g/mol. The molecule has 0 aromatic carbocycles. The summed E-state index contributed by atoms with van der Waals surface area (Å²) >= 11 is 1.53. The van der Waals surface area contributed by atoms with Gasteiger partial charge in [-0.2, -0.15) is 5.10 Å². The Morgan fingerprint density at radius 1 is 1.40 bits per heavy atom. The third kappa shape index (κ3) is 2.34. The molecule has 0 saturated heterocycles. The Bertz CT molecular complexity index is 436. The number of nitrogens with two attached hydrogens (primary N) is 1. The van der Waals surface area contributed by atoms with Gasteiger partial charge in [-0.25, -0.2) is 9.67 Å². The lowest BCUT2D eigenvalue weighted by molar-refractivity contribution is 0.685. The highest BCUT2D eigenvalue weighted by molar-refractivity contribution is 7.99. The minimum absolute atomic E-state index is 0.467. The first-order chi connectivity index (χ1) is 7.29. The topological polar surface area (TPSA) is 69.6 Å². The molecule has 2 aromatic rings. The zero-order valence-electron chi connectivity index (χ0n) is 8.29. The van der Waals surface area contributed by atoms with Crippen molar-refractivity contribution in [3.63, 3.8) is 0 Å². The maximum atomic E-state index is 5.46.